The van der Waals surface area contributed by atoms with Crippen molar-refractivity contribution in [3.63, 3.8) is 0 Å². The van der Waals surface area contributed by atoms with Gasteiger partial charge in [-0.2, -0.15) is 0 Å². The predicted octanol–water partition coefficient (Wildman–Crippen LogP) is 12.1. The molecule has 5 aliphatic rings. The van der Waals surface area contributed by atoms with E-state index in [1.807, 2.05) is 30.3 Å². The Morgan fingerprint density at radius 2 is 0.843 bits per heavy atom. The lowest BCUT2D eigenvalue weighted by atomic mass is 9.96. The summed E-state index contributed by atoms with van der Waals surface area (Å²) in [7, 11) is 0. The Bertz CT molecular complexity index is 1420. The van der Waals surface area contributed by atoms with Gasteiger partial charge < -0.3 is 23.7 Å². The highest BCUT2D eigenvalue weighted by Gasteiger charge is 2.29. The number of ether oxygens (including phenoxy) is 5. The monoisotopic (exact) mass is 698 g/mol. The van der Waals surface area contributed by atoms with Crippen molar-refractivity contribution < 1.29 is 28.5 Å². The van der Waals surface area contributed by atoms with E-state index in [0.29, 0.717) is 22.8 Å². The molecule has 7 rings (SSSR count). The summed E-state index contributed by atoms with van der Waals surface area (Å²) in [4.78, 5) is 14.7. The molecule has 2 aromatic rings. The summed E-state index contributed by atoms with van der Waals surface area (Å²) in [6.45, 7) is 0. The van der Waals surface area contributed by atoms with Crippen LogP contribution in [-0.4, -0.2) is 36.3 Å². The fourth-order valence-electron chi connectivity index (χ4n) is 8.99. The Balaban J connectivity index is 1.23. The number of ketones is 1. The SMILES string of the molecule is O=C(C=Cc1cc(OC2CCCCC2)ccc1OC1CCCCC1)c1c(OC2CCCCC2)ccc(OC2CCCCC2)c1OC1CCCCC1. The fraction of sp³-hybridized carbons (Fsp3) is 0.667. The Morgan fingerprint density at radius 3 is 1.35 bits per heavy atom. The maximum atomic E-state index is 14.7. The second-order valence-electron chi connectivity index (χ2n) is 16.1. The summed E-state index contributed by atoms with van der Waals surface area (Å²) >= 11 is 0. The average Bonchev–Trinajstić information content (AvgIpc) is 3.18. The van der Waals surface area contributed by atoms with Gasteiger partial charge in [0.05, 0.1) is 30.5 Å². The second kappa shape index (κ2) is 18.6. The third kappa shape index (κ3) is 10.3. The number of allylic oxidation sites excluding steroid dienone is 1. The summed E-state index contributed by atoms with van der Waals surface area (Å²) in [6.07, 6.45) is 32.9. The lowest BCUT2D eigenvalue weighted by Crippen LogP contribution is -2.25. The van der Waals surface area contributed by atoms with Crippen LogP contribution < -0.4 is 23.7 Å². The van der Waals surface area contributed by atoms with Crippen molar-refractivity contribution in [2.75, 3.05) is 0 Å². The molecule has 0 atom stereocenters. The summed E-state index contributed by atoms with van der Waals surface area (Å²) in [5.74, 6) is 3.41. The summed E-state index contributed by atoms with van der Waals surface area (Å²) in [5.41, 5.74) is 1.38. The Hall–Kier alpha value is -3.15. The number of hydrogen-bond acceptors (Lipinski definition) is 6. The van der Waals surface area contributed by atoms with Crippen molar-refractivity contribution in [1.29, 1.82) is 0 Å². The lowest BCUT2D eigenvalue weighted by molar-refractivity contribution is 0.0993. The van der Waals surface area contributed by atoms with E-state index in [2.05, 4.69) is 6.07 Å². The van der Waals surface area contributed by atoms with E-state index in [0.717, 1.165) is 107 Å². The molecule has 0 radical (unpaired) electrons. The number of hydrogen-bond donors (Lipinski definition) is 0. The number of rotatable bonds is 13. The zero-order valence-electron chi connectivity index (χ0n) is 31.1. The van der Waals surface area contributed by atoms with Crippen LogP contribution in [0.15, 0.2) is 36.4 Å². The minimum absolute atomic E-state index is 0.0667. The molecule has 0 heterocycles. The first-order valence-electron chi connectivity index (χ1n) is 21.0. The largest absolute Gasteiger partial charge is 0.490 e. The molecular weight excluding hydrogens is 636 g/mol. The molecule has 51 heavy (non-hydrogen) atoms. The van der Waals surface area contributed by atoms with Crippen LogP contribution in [0.1, 0.15) is 176 Å². The van der Waals surface area contributed by atoms with Crippen molar-refractivity contribution in [2.24, 2.45) is 0 Å². The second-order valence-corrected chi connectivity index (χ2v) is 16.1. The highest BCUT2D eigenvalue weighted by Crippen LogP contribution is 2.43. The van der Waals surface area contributed by atoms with Gasteiger partial charge in [-0.1, -0.05) is 32.1 Å². The van der Waals surface area contributed by atoms with Gasteiger partial charge in [0.1, 0.15) is 22.8 Å². The van der Waals surface area contributed by atoms with Crippen LogP contribution in [-0.2, 0) is 0 Å². The van der Waals surface area contributed by atoms with E-state index < -0.39 is 0 Å². The van der Waals surface area contributed by atoms with Crippen LogP contribution in [0.4, 0.5) is 0 Å². The van der Waals surface area contributed by atoms with Crippen LogP contribution in [0.3, 0.4) is 0 Å². The van der Waals surface area contributed by atoms with Gasteiger partial charge in [0, 0.05) is 5.56 Å². The molecule has 0 unspecified atom stereocenters. The minimum Gasteiger partial charge on any atom is -0.490 e. The van der Waals surface area contributed by atoms with Crippen molar-refractivity contribution in [3.8, 4) is 28.7 Å². The molecule has 5 saturated carbocycles. The van der Waals surface area contributed by atoms with Gasteiger partial charge in [-0.25, -0.2) is 0 Å². The van der Waals surface area contributed by atoms with Crippen LogP contribution >= 0.6 is 0 Å². The Labute approximate surface area is 307 Å². The normalized spacial score (nSPS) is 22.1. The lowest BCUT2D eigenvalue weighted by Gasteiger charge is -2.30. The van der Waals surface area contributed by atoms with E-state index in [9.17, 15) is 4.79 Å². The van der Waals surface area contributed by atoms with Crippen LogP contribution in [0.5, 0.6) is 28.7 Å². The quantitative estimate of drug-likeness (QED) is 0.153. The van der Waals surface area contributed by atoms with Crippen molar-refractivity contribution >= 4 is 11.9 Å². The Kier molecular flexibility index (Phi) is 13.2. The summed E-state index contributed by atoms with van der Waals surface area (Å²) < 4.78 is 33.5. The molecule has 278 valence electrons. The van der Waals surface area contributed by atoms with Gasteiger partial charge in [-0.15, -0.1) is 0 Å². The number of carbonyl (C=O) groups excluding carboxylic acids is 1. The first kappa shape index (κ1) is 36.2. The van der Waals surface area contributed by atoms with Crippen LogP contribution in [0.2, 0.25) is 0 Å². The third-order valence-corrected chi connectivity index (χ3v) is 12.0. The zero-order valence-corrected chi connectivity index (χ0v) is 31.1. The third-order valence-electron chi connectivity index (χ3n) is 12.0. The van der Waals surface area contributed by atoms with Crippen LogP contribution in [0, 0.1) is 0 Å². The van der Waals surface area contributed by atoms with Crippen LogP contribution in [0.25, 0.3) is 6.08 Å². The molecule has 0 amide bonds. The van der Waals surface area contributed by atoms with Gasteiger partial charge >= 0.3 is 0 Å². The molecule has 5 fully saturated rings. The van der Waals surface area contributed by atoms with Crippen molar-refractivity contribution in [2.45, 2.75) is 191 Å². The first-order valence-corrected chi connectivity index (χ1v) is 21.0. The highest BCUT2D eigenvalue weighted by atomic mass is 16.5. The smallest absolute Gasteiger partial charge is 0.193 e. The predicted molar refractivity (Wildman–Crippen MR) is 204 cm³/mol. The number of carbonyl (C=O) groups is 1. The highest BCUT2D eigenvalue weighted by molar-refractivity contribution is 6.11. The van der Waals surface area contributed by atoms with Gasteiger partial charge in [-0.05, 0) is 171 Å². The molecule has 0 aromatic heterocycles. The van der Waals surface area contributed by atoms with E-state index in [1.54, 1.807) is 6.08 Å². The Morgan fingerprint density at radius 1 is 0.451 bits per heavy atom. The average molecular weight is 699 g/mol. The fourth-order valence-corrected chi connectivity index (χ4v) is 8.99. The van der Waals surface area contributed by atoms with Gasteiger partial charge in [0.2, 0.25) is 0 Å². The maximum Gasteiger partial charge on any atom is 0.193 e. The minimum atomic E-state index is -0.122. The molecule has 0 bridgehead atoms. The van der Waals surface area contributed by atoms with Crippen molar-refractivity contribution in [1.82, 2.24) is 0 Å². The van der Waals surface area contributed by atoms with Gasteiger partial charge in [0.15, 0.2) is 17.3 Å². The zero-order chi connectivity index (χ0) is 34.7. The number of benzene rings is 2. The molecule has 5 aliphatic carbocycles. The molecule has 0 N–H and O–H groups in total. The van der Waals surface area contributed by atoms with E-state index in [1.165, 1.54) is 70.6 Å². The van der Waals surface area contributed by atoms with Crippen molar-refractivity contribution in [3.05, 3.63) is 47.5 Å². The summed E-state index contributed by atoms with van der Waals surface area (Å²) in [5, 5.41) is 0. The first-order chi connectivity index (χ1) is 25.2. The van der Waals surface area contributed by atoms with Gasteiger partial charge in [0.25, 0.3) is 0 Å². The molecule has 2 aromatic carbocycles. The molecule has 6 nitrogen and oxygen atoms in total. The molecular formula is C45H62O6. The molecule has 0 saturated heterocycles. The molecule has 0 aliphatic heterocycles. The van der Waals surface area contributed by atoms with Gasteiger partial charge in [-0.3, -0.25) is 4.79 Å². The standard InChI is InChI=1S/C45H62O6/c46-40(28-26-33-32-39(47-34-16-6-1-7-17-34)27-29-41(33)48-35-18-8-2-9-19-35)44-42(49-36-20-10-3-11-21-36)30-31-43(50-37-22-12-4-13-23-37)45(44)51-38-24-14-5-15-25-38/h26-32,34-38H,1-25H2. The van der Waals surface area contributed by atoms with E-state index in [-0.39, 0.29) is 36.3 Å². The summed E-state index contributed by atoms with van der Waals surface area (Å²) in [6, 6.07) is 10.1. The van der Waals surface area contributed by atoms with E-state index >= 15 is 0 Å². The molecule has 6 heteroatoms. The van der Waals surface area contributed by atoms with E-state index in [4.69, 9.17) is 23.7 Å². The molecule has 0 spiro atoms. The topological polar surface area (TPSA) is 63.2 Å². The maximum absolute atomic E-state index is 14.7.